The first-order valence-corrected chi connectivity index (χ1v) is 9.44. The molecule has 5 nitrogen and oxygen atoms in total. The number of benzene rings is 1. The number of para-hydroxylation sites is 1. The number of pyridine rings is 1. The molecule has 0 aliphatic carbocycles. The molecule has 1 unspecified atom stereocenters. The molecule has 142 valence electrons. The molecule has 5 heteroatoms. The lowest BCUT2D eigenvalue weighted by Gasteiger charge is -2.31. The van der Waals surface area contributed by atoms with Gasteiger partial charge in [0.1, 0.15) is 5.75 Å². The van der Waals surface area contributed by atoms with Gasteiger partial charge in [-0.1, -0.05) is 18.2 Å². The number of aliphatic hydroxyl groups is 1. The Balaban J connectivity index is 1.50. The highest BCUT2D eigenvalue weighted by molar-refractivity contribution is 5.91. The summed E-state index contributed by atoms with van der Waals surface area (Å²) in [7, 11) is 0. The molecule has 1 fully saturated rings. The molecule has 1 saturated heterocycles. The van der Waals surface area contributed by atoms with Gasteiger partial charge in [0.15, 0.2) is 0 Å². The minimum absolute atomic E-state index is 0.0232. The Kier molecular flexibility index (Phi) is 6.60. The number of ether oxygens (including phenoxy) is 1. The van der Waals surface area contributed by atoms with Crippen molar-refractivity contribution in [3.05, 3.63) is 60.3 Å². The first kappa shape index (κ1) is 19.1. The van der Waals surface area contributed by atoms with Crippen molar-refractivity contribution >= 4 is 12.0 Å². The van der Waals surface area contributed by atoms with Gasteiger partial charge in [-0.05, 0) is 61.9 Å². The van der Waals surface area contributed by atoms with Gasteiger partial charge in [0.05, 0.1) is 6.10 Å². The van der Waals surface area contributed by atoms with Crippen LogP contribution in [0.25, 0.3) is 6.08 Å². The first-order valence-electron chi connectivity index (χ1n) is 9.44. The molecule has 0 bridgehead atoms. The van der Waals surface area contributed by atoms with E-state index in [0.717, 1.165) is 43.7 Å². The summed E-state index contributed by atoms with van der Waals surface area (Å²) < 4.78 is 5.66. The van der Waals surface area contributed by atoms with E-state index in [1.165, 1.54) is 0 Å². The number of carbonyl (C=O) groups is 1. The quantitative estimate of drug-likeness (QED) is 0.788. The molecule has 27 heavy (non-hydrogen) atoms. The van der Waals surface area contributed by atoms with Crippen LogP contribution in [0, 0.1) is 5.92 Å². The van der Waals surface area contributed by atoms with E-state index in [4.69, 9.17) is 4.74 Å². The number of nitrogens with zero attached hydrogens (tertiary/aromatic N) is 2. The lowest BCUT2D eigenvalue weighted by atomic mass is 9.91. The zero-order chi connectivity index (χ0) is 19.1. The van der Waals surface area contributed by atoms with Gasteiger partial charge in [-0.15, -0.1) is 0 Å². The Morgan fingerprint density at radius 3 is 2.63 bits per heavy atom. The number of carbonyl (C=O) groups excluding carboxylic acids is 1. The Morgan fingerprint density at radius 1 is 1.26 bits per heavy atom. The molecule has 0 spiro atoms. The van der Waals surface area contributed by atoms with Crippen molar-refractivity contribution in [2.24, 2.45) is 5.92 Å². The average molecular weight is 366 g/mol. The maximum Gasteiger partial charge on any atom is 0.246 e. The SMILES string of the molecule is CC(O)CC1CCN(C(=O)/C=C/c2ccc(Oc3ccccc3)nc2)CC1. The highest BCUT2D eigenvalue weighted by Crippen LogP contribution is 2.22. The molecule has 1 amide bonds. The zero-order valence-electron chi connectivity index (χ0n) is 15.6. The fourth-order valence-electron chi connectivity index (χ4n) is 3.30. The summed E-state index contributed by atoms with van der Waals surface area (Å²) in [5.41, 5.74) is 0.854. The smallest absolute Gasteiger partial charge is 0.246 e. The van der Waals surface area contributed by atoms with Crippen molar-refractivity contribution in [3.63, 3.8) is 0 Å². The summed E-state index contributed by atoms with van der Waals surface area (Å²) in [6.45, 7) is 3.33. The van der Waals surface area contributed by atoms with Crippen LogP contribution < -0.4 is 4.74 Å². The number of amides is 1. The van der Waals surface area contributed by atoms with Crippen LogP contribution in [0.2, 0.25) is 0 Å². The Hall–Kier alpha value is -2.66. The van der Waals surface area contributed by atoms with Crippen LogP contribution in [-0.4, -0.2) is 40.1 Å². The molecule has 1 aromatic carbocycles. The molecule has 1 aromatic heterocycles. The molecule has 3 rings (SSSR count). The second-order valence-electron chi connectivity index (χ2n) is 7.03. The molecule has 1 atom stereocenters. The summed E-state index contributed by atoms with van der Waals surface area (Å²) in [5, 5.41) is 9.49. The van der Waals surface area contributed by atoms with Crippen molar-refractivity contribution in [1.29, 1.82) is 0 Å². The van der Waals surface area contributed by atoms with E-state index in [-0.39, 0.29) is 12.0 Å². The van der Waals surface area contributed by atoms with E-state index in [2.05, 4.69) is 4.98 Å². The predicted molar refractivity (Wildman–Crippen MR) is 105 cm³/mol. The Morgan fingerprint density at radius 2 is 2.00 bits per heavy atom. The van der Waals surface area contributed by atoms with Gasteiger partial charge < -0.3 is 14.7 Å². The van der Waals surface area contributed by atoms with Gasteiger partial charge in [-0.2, -0.15) is 0 Å². The molecule has 2 heterocycles. The summed E-state index contributed by atoms with van der Waals surface area (Å²) in [6, 6.07) is 13.2. The third kappa shape index (κ3) is 5.93. The third-order valence-electron chi connectivity index (χ3n) is 4.74. The van der Waals surface area contributed by atoms with Crippen LogP contribution in [0.5, 0.6) is 11.6 Å². The zero-order valence-corrected chi connectivity index (χ0v) is 15.6. The Labute approximate surface area is 160 Å². The van der Waals surface area contributed by atoms with E-state index in [1.807, 2.05) is 48.2 Å². The lowest BCUT2D eigenvalue weighted by molar-refractivity contribution is -0.127. The number of piperidine rings is 1. The van der Waals surface area contributed by atoms with Crippen LogP contribution >= 0.6 is 0 Å². The van der Waals surface area contributed by atoms with E-state index in [1.54, 1.807) is 24.4 Å². The fraction of sp³-hybridized carbons (Fsp3) is 0.364. The van der Waals surface area contributed by atoms with Crippen LogP contribution in [0.4, 0.5) is 0 Å². The van der Waals surface area contributed by atoms with Gasteiger partial charge in [-0.25, -0.2) is 4.98 Å². The molecule has 1 aliphatic heterocycles. The molecule has 1 aliphatic rings. The summed E-state index contributed by atoms with van der Waals surface area (Å²) in [6.07, 6.45) is 7.54. The number of rotatable bonds is 6. The second-order valence-corrected chi connectivity index (χ2v) is 7.03. The van der Waals surface area contributed by atoms with Crippen LogP contribution in [0.3, 0.4) is 0 Å². The number of aliphatic hydroxyl groups excluding tert-OH is 1. The van der Waals surface area contributed by atoms with Crippen LogP contribution in [0.1, 0.15) is 31.7 Å². The topological polar surface area (TPSA) is 62.7 Å². The minimum atomic E-state index is -0.265. The second kappa shape index (κ2) is 9.33. The lowest BCUT2D eigenvalue weighted by Crippen LogP contribution is -2.38. The van der Waals surface area contributed by atoms with Gasteiger partial charge >= 0.3 is 0 Å². The molecule has 1 N–H and O–H groups in total. The first-order chi connectivity index (χ1) is 13.1. The van der Waals surface area contributed by atoms with E-state index in [9.17, 15) is 9.90 Å². The molecule has 0 radical (unpaired) electrons. The minimum Gasteiger partial charge on any atom is -0.439 e. The largest absolute Gasteiger partial charge is 0.439 e. The Bertz CT molecular complexity index is 749. The van der Waals surface area contributed by atoms with Crippen molar-refractivity contribution < 1.29 is 14.6 Å². The standard InChI is InChI=1S/C22H26N2O3/c1-17(25)15-18-11-13-24(14-12-18)22(26)10-8-19-7-9-21(23-16-19)27-20-5-3-2-4-6-20/h2-10,16-18,25H,11-15H2,1H3/b10-8+. The molecular weight excluding hydrogens is 340 g/mol. The highest BCUT2D eigenvalue weighted by Gasteiger charge is 2.22. The van der Waals surface area contributed by atoms with E-state index in [0.29, 0.717) is 11.8 Å². The van der Waals surface area contributed by atoms with Gasteiger partial charge in [0, 0.05) is 31.4 Å². The maximum atomic E-state index is 12.4. The van der Waals surface area contributed by atoms with Crippen molar-refractivity contribution in [2.45, 2.75) is 32.3 Å². The molecular formula is C22H26N2O3. The predicted octanol–water partition coefficient (Wildman–Crippen LogP) is 3.90. The fourth-order valence-corrected chi connectivity index (χ4v) is 3.30. The van der Waals surface area contributed by atoms with Gasteiger partial charge in [0.25, 0.3) is 0 Å². The van der Waals surface area contributed by atoms with Crippen LogP contribution in [0.15, 0.2) is 54.7 Å². The van der Waals surface area contributed by atoms with Gasteiger partial charge in [-0.3, -0.25) is 4.79 Å². The average Bonchev–Trinajstić information content (AvgIpc) is 2.68. The third-order valence-corrected chi connectivity index (χ3v) is 4.74. The number of hydrogen-bond acceptors (Lipinski definition) is 4. The summed E-state index contributed by atoms with van der Waals surface area (Å²) in [4.78, 5) is 18.5. The van der Waals surface area contributed by atoms with Crippen LogP contribution in [-0.2, 0) is 4.79 Å². The normalized spacial score (nSPS) is 16.4. The monoisotopic (exact) mass is 366 g/mol. The van der Waals surface area contributed by atoms with Crippen molar-refractivity contribution in [1.82, 2.24) is 9.88 Å². The highest BCUT2D eigenvalue weighted by atomic mass is 16.5. The molecule has 2 aromatic rings. The van der Waals surface area contributed by atoms with E-state index < -0.39 is 0 Å². The molecule has 0 saturated carbocycles. The number of hydrogen-bond donors (Lipinski definition) is 1. The van der Waals surface area contributed by atoms with Crippen molar-refractivity contribution in [2.75, 3.05) is 13.1 Å². The van der Waals surface area contributed by atoms with Crippen molar-refractivity contribution in [3.8, 4) is 11.6 Å². The number of likely N-dealkylation sites (tertiary alicyclic amines) is 1. The van der Waals surface area contributed by atoms with Gasteiger partial charge in [0.2, 0.25) is 11.8 Å². The van der Waals surface area contributed by atoms with E-state index >= 15 is 0 Å². The number of aromatic nitrogens is 1. The summed E-state index contributed by atoms with van der Waals surface area (Å²) in [5.74, 6) is 1.79. The maximum absolute atomic E-state index is 12.4. The summed E-state index contributed by atoms with van der Waals surface area (Å²) >= 11 is 0.